The van der Waals surface area contributed by atoms with Crippen molar-refractivity contribution in [3.05, 3.63) is 83.3 Å². The zero-order valence-corrected chi connectivity index (χ0v) is 17.2. The molecule has 31 heavy (non-hydrogen) atoms. The van der Waals surface area contributed by atoms with Crippen LogP contribution in [0.5, 0.6) is 5.75 Å². The Bertz CT molecular complexity index is 1020. The quantitative estimate of drug-likeness (QED) is 0.583. The lowest BCUT2D eigenvalue weighted by Gasteiger charge is -2.31. The van der Waals surface area contributed by atoms with Gasteiger partial charge >= 0.3 is 5.97 Å². The summed E-state index contributed by atoms with van der Waals surface area (Å²) in [7, 11) is 0. The largest absolute Gasteiger partial charge is 0.482 e. The van der Waals surface area contributed by atoms with Crippen LogP contribution in [0.4, 0.5) is 4.39 Å². The van der Waals surface area contributed by atoms with Gasteiger partial charge in [0.25, 0.3) is 0 Å². The van der Waals surface area contributed by atoms with Crippen LogP contribution in [0.15, 0.2) is 59.1 Å². The number of ether oxygens (including phenoxy) is 1. The highest BCUT2D eigenvalue weighted by Gasteiger charge is 2.25. The number of nitrogens with zero attached hydrogens (tertiary/aromatic N) is 2. The van der Waals surface area contributed by atoms with Crippen LogP contribution in [0.2, 0.25) is 0 Å². The summed E-state index contributed by atoms with van der Waals surface area (Å²) in [6, 6.07) is 14.0. The molecule has 2 aromatic carbocycles. The molecule has 0 bridgehead atoms. The Labute approximate surface area is 180 Å². The number of halogens is 1. The van der Waals surface area contributed by atoms with Gasteiger partial charge in [0.15, 0.2) is 12.5 Å². The number of aliphatic carboxylic acids is 1. The molecular weight excluding hydrogens is 399 g/mol. The molecule has 1 aromatic heterocycles. The van der Waals surface area contributed by atoms with Crippen molar-refractivity contribution < 1.29 is 23.4 Å². The summed E-state index contributed by atoms with van der Waals surface area (Å²) in [5.74, 6) is 1.03. The normalized spacial score (nSPS) is 16.9. The molecule has 162 valence electrons. The molecule has 1 aliphatic rings. The Hall–Kier alpha value is -3.19. The smallest absolute Gasteiger partial charge is 0.341 e. The van der Waals surface area contributed by atoms with Crippen molar-refractivity contribution in [2.24, 2.45) is 0 Å². The predicted molar refractivity (Wildman–Crippen MR) is 113 cm³/mol. The van der Waals surface area contributed by atoms with Crippen LogP contribution < -0.4 is 4.74 Å². The number of piperidine rings is 1. The number of carboxylic acids is 1. The van der Waals surface area contributed by atoms with Gasteiger partial charge in [-0.25, -0.2) is 14.2 Å². The Morgan fingerprint density at radius 2 is 2.06 bits per heavy atom. The van der Waals surface area contributed by atoms with E-state index < -0.39 is 5.97 Å². The summed E-state index contributed by atoms with van der Waals surface area (Å²) in [5.41, 5.74) is 2.01. The molecule has 0 unspecified atom stereocenters. The zero-order valence-electron chi connectivity index (χ0n) is 17.2. The number of carboxylic acid groups (broad SMARTS) is 1. The molecule has 6 nitrogen and oxygen atoms in total. The molecule has 7 heteroatoms. The molecule has 0 saturated carbocycles. The van der Waals surface area contributed by atoms with Gasteiger partial charge in [-0.3, -0.25) is 4.90 Å². The van der Waals surface area contributed by atoms with E-state index in [2.05, 4.69) is 9.88 Å². The van der Waals surface area contributed by atoms with Crippen LogP contribution >= 0.6 is 0 Å². The number of hydrogen-bond donors (Lipinski definition) is 1. The third kappa shape index (κ3) is 5.92. The van der Waals surface area contributed by atoms with E-state index >= 15 is 0 Å². The van der Waals surface area contributed by atoms with Crippen LogP contribution in [0.3, 0.4) is 0 Å². The van der Waals surface area contributed by atoms with E-state index in [9.17, 15) is 9.18 Å². The van der Waals surface area contributed by atoms with Crippen molar-refractivity contribution in [3.63, 3.8) is 0 Å². The molecule has 1 saturated heterocycles. The molecule has 1 N–H and O–H groups in total. The first kappa shape index (κ1) is 21.1. The Kier molecular flexibility index (Phi) is 6.62. The first-order chi connectivity index (χ1) is 15.0. The van der Waals surface area contributed by atoms with E-state index in [0.717, 1.165) is 55.3 Å². The van der Waals surface area contributed by atoms with Gasteiger partial charge < -0.3 is 14.3 Å². The van der Waals surface area contributed by atoms with Gasteiger partial charge in [-0.2, -0.15) is 0 Å². The Morgan fingerprint density at radius 3 is 2.84 bits per heavy atom. The molecule has 4 rings (SSSR count). The van der Waals surface area contributed by atoms with Gasteiger partial charge in [0.2, 0.25) is 0 Å². The maximum atomic E-state index is 13.4. The van der Waals surface area contributed by atoms with Crippen molar-refractivity contribution in [2.45, 2.75) is 31.7 Å². The minimum atomic E-state index is -0.992. The summed E-state index contributed by atoms with van der Waals surface area (Å²) < 4.78 is 24.6. The van der Waals surface area contributed by atoms with Gasteiger partial charge in [0.05, 0.1) is 6.20 Å². The lowest BCUT2D eigenvalue weighted by molar-refractivity contribution is -0.139. The Morgan fingerprint density at radius 1 is 1.23 bits per heavy atom. The van der Waals surface area contributed by atoms with Gasteiger partial charge in [-0.1, -0.05) is 24.3 Å². The van der Waals surface area contributed by atoms with Crippen molar-refractivity contribution >= 4 is 5.97 Å². The van der Waals surface area contributed by atoms with Crippen LogP contribution in [-0.2, 0) is 17.8 Å². The number of likely N-dealkylation sites (tertiary alicyclic amines) is 1. The predicted octanol–water partition coefficient (Wildman–Crippen LogP) is 4.25. The molecule has 3 aromatic rings. The first-order valence-corrected chi connectivity index (χ1v) is 10.4. The van der Waals surface area contributed by atoms with Crippen LogP contribution in [0, 0.1) is 5.82 Å². The van der Waals surface area contributed by atoms with Gasteiger partial charge in [-0.05, 0) is 54.8 Å². The number of hydrogen-bond acceptors (Lipinski definition) is 5. The van der Waals surface area contributed by atoms with Crippen LogP contribution in [-0.4, -0.2) is 40.7 Å². The van der Waals surface area contributed by atoms with E-state index in [1.54, 1.807) is 24.4 Å². The fraction of sp³-hybridized carbons (Fsp3) is 0.333. The third-order valence-electron chi connectivity index (χ3n) is 5.39. The molecule has 0 aliphatic carbocycles. The Balaban J connectivity index is 1.33. The van der Waals surface area contributed by atoms with Crippen molar-refractivity contribution in [1.29, 1.82) is 0 Å². The molecule has 1 fully saturated rings. The average molecular weight is 424 g/mol. The summed E-state index contributed by atoms with van der Waals surface area (Å²) in [6.07, 6.45) is 4.36. The second-order valence-electron chi connectivity index (χ2n) is 7.87. The van der Waals surface area contributed by atoms with Crippen molar-refractivity contribution in [2.75, 3.05) is 19.7 Å². The van der Waals surface area contributed by atoms with E-state index in [1.807, 2.05) is 18.2 Å². The van der Waals surface area contributed by atoms with Crippen molar-refractivity contribution in [1.82, 2.24) is 9.88 Å². The molecule has 0 radical (unpaired) electrons. The maximum absolute atomic E-state index is 13.4. The third-order valence-corrected chi connectivity index (χ3v) is 5.39. The number of aromatic nitrogens is 1. The van der Waals surface area contributed by atoms with E-state index in [-0.39, 0.29) is 18.3 Å². The highest BCUT2D eigenvalue weighted by Crippen LogP contribution is 2.28. The topological polar surface area (TPSA) is 75.8 Å². The van der Waals surface area contributed by atoms with E-state index in [1.165, 1.54) is 12.1 Å². The van der Waals surface area contributed by atoms with E-state index in [4.69, 9.17) is 14.3 Å². The standard InChI is InChI=1S/C24H25FN2O4/c25-20-5-1-3-18(11-20)12-22-13-26-24(31-22)19-4-2-10-27(15-19)14-17-6-8-21(9-7-17)30-16-23(28)29/h1,3,5-9,11,13,19H,2,4,10,12,14-16H2,(H,28,29)/t19-/m1/s1. The molecule has 1 atom stereocenters. The minimum absolute atomic E-state index is 0.230. The fourth-order valence-electron chi connectivity index (χ4n) is 3.94. The lowest BCUT2D eigenvalue weighted by atomic mass is 9.97. The molecule has 1 aliphatic heterocycles. The fourth-order valence-corrected chi connectivity index (χ4v) is 3.94. The number of oxazole rings is 1. The average Bonchev–Trinajstić information content (AvgIpc) is 3.22. The second-order valence-corrected chi connectivity index (χ2v) is 7.87. The number of benzene rings is 2. The lowest BCUT2D eigenvalue weighted by Crippen LogP contribution is -2.34. The zero-order chi connectivity index (χ0) is 21.6. The van der Waals surface area contributed by atoms with E-state index in [0.29, 0.717) is 12.2 Å². The molecular formula is C24H25FN2O4. The molecule has 2 heterocycles. The number of carbonyl (C=O) groups is 1. The minimum Gasteiger partial charge on any atom is -0.482 e. The SMILES string of the molecule is O=C(O)COc1ccc(CN2CCC[C@@H](c3ncc(Cc4cccc(F)c4)o3)C2)cc1. The summed E-state index contributed by atoms with van der Waals surface area (Å²) >= 11 is 0. The van der Waals surface area contributed by atoms with Gasteiger partial charge in [-0.15, -0.1) is 0 Å². The van der Waals surface area contributed by atoms with Gasteiger partial charge in [0, 0.05) is 25.4 Å². The van der Waals surface area contributed by atoms with Crippen molar-refractivity contribution in [3.8, 4) is 5.75 Å². The maximum Gasteiger partial charge on any atom is 0.341 e. The molecule has 0 spiro atoms. The highest BCUT2D eigenvalue weighted by atomic mass is 19.1. The van der Waals surface area contributed by atoms with Gasteiger partial charge in [0.1, 0.15) is 17.3 Å². The van der Waals surface area contributed by atoms with Crippen LogP contribution in [0.25, 0.3) is 0 Å². The highest BCUT2D eigenvalue weighted by molar-refractivity contribution is 5.68. The second kappa shape index (κ2) is 9.75. The summed E-state index contributed by atoms with van der Waals surface area (Å²) in [5, 5.41) is 8.69. The summed E-state index contributed by atoms with van der Waals surface area (Å²) in [4.78, 5) is 17.5. The molecule has 0 amide bonds. The number of rotatable bonds is 8. The summed E-state index contributed by atoms with van der Waals surface area (Å²) in [6.45, 7) is 2.32. The first-order valence-electron chi connectivity index (χ1n) is 10.4. The monoisotopic (exact) mass is 424 g/mol. The van der Waals surface area contributed by atoms with Crippen LogP contribution in [0.1, 0.15) is 41.5 Å².